The number of benzene rings is 6. The van der Waals surface area contributed by atoms with E-state index in [0.717, 1.165) is 96.1 Å². The van der Waals surface area contributed by atoms with Crippen LogP contribution in [0.3, 0.4) is 0 Å². The number of amides is 3. The summed E-state index contributed by atoms with van der Waals surface area (Å²) in [6.07, 6.45) is 3.38. The Kier molecular flexibility index (Phi) is 26.1. The van der Waals surface area contributed by atoms with Gasteiger partial charge < -0.3 is 89.6 Å². The number of carbonyl (C=O) groups is 3. The van der Waals surface area contributed by atoms with E-state index >= 15 is 26.3 Å². The van der Waals surface area contributed by atoms with Crippen molar-refractivity contribution >= 4 is 102 Å². The molecular weight excluding hydrogens is 1570 g/mol. The molecule has 630 valence electrons. The number of aromatic nitrogens is 9. The van der Waals surface area contributed by atoms with Crippen LogP contribution in [0.2, 0.25) is 0 Å². The molecule has 7 N–H and O–H groups in total. The Morgan fingerprint density at radius 1 is 0.400 bits per heavy atom. The third-order valence-corrected chi connectivity index (χ3v) is 21.0. The summed E-state index contributed by atoms with van der Waals surface area (Å²) >= 11 is 0. The first-order valence-corrected chi connectivity index (χ1v) is 39.0. The zero-order valence-electron chi connectivity index (χ0n) is 67.8. The Morgan fingerprint density at radius 2 is 0.700 bits per heavy atom. The van der Waals surface area contributed by atoms with E-state index in [1.165, 1.54) is 51.1 Å². The molecule has 3 aliphatic rings. The average Bonchev–Trinajstić information content (AvgIpc) is 1.52. The number of likely N-dealkylation sites (N-methyl/N-ethyl adjacent to an activating group) is 2. The third kappa shape index (κ3) is 18.5. The molecule has 0 aliphatic carbocycles. The summed E-state index contributed by atoms with van der Waals surface area (Å²) in [6.45, 7) is 23.6. The Hall–Kier alpha value is -13.0. The number of aromatic amines is 3. The van der Waals surface area contributed by atoms with E-state index in [0.29, 0.717) is 97.0 Å². The first-order valence-electron chi connectivity index (χ1n) is 39.0. The highest BCUT2D eigenvalue weighted by Gasteiger charge is 2.32. The molecule has 3 aliphatic heterocycles. The minimum absolute atomic E-state index is 0.00788. The van der Waals surface area contributed by atoms with Gasteiger partial charge in [-0.15, -0.1) is 0 Å². The van der Waals surface area contributed by atoms with Crippen LogP contribution < -0.4 is 50.2 Å². The molecule has 27 nitrogen and oxygen atoms in total. The lowest BCUT2D eigenvalue weighted by atomic mass is 10.2. The van der Waals surface area contributed by atoms with Crippen molar-refractivity contribution in [2.45, 2.75) is 48.5 Å². The van der Waals surface area contributed by atoms with Gasteiger partial charge in [-0.05, 0) is 128 Å². The normalized spacial score (nSPS) is 13.8. The van der Waals surface area contributed by atoms with E-state index in [4.69, 9.17) is 14.2 Å². The van der Waals surface area contributed by atoms with Gasteiger partial charge in [-0.2, -0.15) is 0 Å². The molecule has 3 saturated heterocycles. The molecule has 120 heavy (non-hydrogen) atoms. The van der Waals surface area contributed by atoms with E-state index < -0.39 is 87.3 Å². The second-order valence-electron chi connectivity index (χ2n) is 29.0. The second kappa shape index (κ2) is 36.9. The Balaban J connectivity index is 0.000000156. The summed E-state index contributed by atoms with van der Waals surface area (Å²) in [5.74, 6) is -9.48. The van der Waals surface area contributed by atoms with Gasteiger partial charge in [0.1, 0.15) is 53.1 Å². The Bertz CT molecular complexity index is 5790. The number of nitrogens with zero attached hydrogens (tertiary/aromatic N) is 14. The summed E-state index contributed by atoms with van der Waals surface area (Å²) in [6, 6.07) is 21.1. The molecule has 0 atom stereocenters. The van der Waals surface area contributed by atoms with Crippen LogP contribution in [0.1, 0.15) is 75.9 Å². The van der Waals surface area contributed by atoms with Gasteiger partial charge in [-0.1, -0.05) is 6.92 Å². The van der Waals surface area contributed by atoms with Crippen molar-refractivity contribution < 1.29 is 68.1 Å². The van der Waals surface area contributed by atoms with Crippen molar-refractivity contribution in [3.05, 3.63) is 196 Å². The van der Waals surface area contributed by atoms with Crippen LogP contribution in [0.25, 0.3) is 32.7 Å². The number of fused-ring (bicyclic) bond motifs is 3. The molecule has 15 rings (SSSR count). The lowest BCUT2D eigenvalue weighted by molar-refractivity contribution is 0.0791. The van der Waals surface area contributed by atoms with Gasteiger partial charge in [0.05, 0.1) is 33.6 Å². The maximum atomic E-state index is 15.3. The molecule has 0 unspecified atom stereocenters. The fourth-order valence-electron chi connectivity index (χ4n) is 13.9. The number of hydrogen-bond acceptors (Lipinski definition) is 21. The summed E-state index contributed by atoms with van der Waals surface area (Å²) < 4.78 is 153. The molecule has 3 amide bonds. The Labute approximate surface area is 684 Å². The largest absolute Gasteiger partial charge is 0.435 e. The molecular formula is C84H90F9N21O6. The smallest absolute Gasteiger partial charge is 0.262 e. The lowest BCUT2D eigenvalue weighted by Gasteiger charge is -2.35. The summed E-state index contributed by atoms with van der Waals surface area (Å²) in [5, 5.41) is 12.2. The fraction of sp³-hybridized carbons (Fsp3) is 0.321. The fourth-order valence-corrected chi connectivity index (χ4v) is 13.9. The number of rotatable bonds is 22. The van der Waals surface area contributed by atoms with Crippen molar-refractivity contribution in [2.24, 2.45) is 0 Å². The maximum Gasteiger partial charge on any atom is 0.262 e. The standard InChI is InChI=1S/C29H32F3N7O2.C28H30F3N7O2.C27H28F3N7O2/c1-5-37(4)29(40)24-27(36-18-7-8-22(20(30)14-18)39-11-9-38(6-2)10-12-39)33-16-34-28(24)41-23-15-21(31)26-19(25(23)32)13-17(3)35-26;1-5-37(4)28(39)23-26(35-17-6-7-21(19(29)13-17)38-10-8-36(3)9-11-38)32-15-33-27(23)40-22-14-20(30)25-18(24(22)31)12-16(2)34-25;1-4-36(3)27(38)22-25(35-16-5-6-20(18(28)12-16)37-9-7-31-8-10-37)32-14-33-26(22)39-21-13-19(29)24-17(23(21)30)11-15(2)34-24/h7-8,13-16,35H,5-6,9-12H2,1-4H3,(H,33,34,36);6-7,12-15,34H,5,8-11H2,1-4H3,(H,32,33,35);5-6,11-14,31,34H,4,7-10H2,1-3H3,(H,32,33,35). The molecule has 0 bridgehead atoms. The lowest BCUT2D eigenvalue weighted by Crippen LogP contribution is -2.46. The number of ether oxygens (including phenoxy) is 3. The first kappa shape index (κ1) is 84.9. The quantitative estimate of drug-likeness (QED) is 0.0311. The number of anilines is 9. The number of carbonyl (C=O) groups excluding carboxylic acids is 3. The van der Waals surface area contributed by atoms with Gasteiger partial charge in [0.25, 0.3) is 17.7 Å². The molecule has 9 heterocycles. The van der Waals surface area contributed by atoms with E-state index in [1.807, 2.05) is 21.7 Å². The van der Waals surface area contributed by atoms with Crippen molar-refractivity contribution in [1.82, 2.24) is 74.7 Å². The maximum absolute atomic E-state index is 15.3. The van der Waals surface area contributed by atoms with E-state index in [2.05, 4.69) is 82.8 Å². The number of halogens is 9. The average molecular weight is 1660 g/mol. The number of hydrogen-bond donors (Lipinski definition) is 7. The molecule has 0 saturated carbocycles. The minimum Gasteiger partial charge on any atom is -0.435 e. The molecule has 36 heteroatoms. The van der Waals surface area contributed by atoms with Crippen LogP contribution >= 0.6 is 0 Å². The monoisotopic (exact) mass is 1660 g/mol. The van der Waals surface area contributed by atoms with Crippen LogP contribution in [-0.2, 0) is 0 Å². The molecule has 3 fully saturated rings. The van der Waals surface area contributed by atoms with Crippen LogP contribution in [0.15, 0.2) is 110 Å². The van der Waals surface area contributed by atoms with E-state index in [1.54, 1.807) is 99.1 Å². The number of nitrogens with one attached hydrogen (secondary N) is 7. The van der Waals surface area contributed by atoms with Gasteiger partial charge in [-0.25, -0.2) is 69.4 Å². The second-order valence-corrected chi connectivity index (χ2v) is 29.0. The van der Waals surface area contributed by atoms with Crippen molar-refractivity contribution in [2.75, 3.05) is 164 Å². The molecule has 6 aromatic carbocycles. The number of aryl methyl sites for hydroxylation is 3. The predicted molar refractivity (Wildman–Crippen MR) is 441 cm³/mol. The van der Waals surface area contributed by atoms with Crippen molar-refractivity contribution in [3.8, 4) is 34.9 Å². The van der Waals surface area contributed by atoms with Gasteiger partial charge >= 0.3 is 0 Å². The molecule has 0 spiro atoms. The number of piperazine rings is 3. The zero-order chi connectivity index (χ0) is 85.5. The van der Waals surface area contributed by atoms with Gasteiger partial charge in [-0.3, -0.25) is 14.4 Å². The SMILES string of the molecule is CCN(C)C(=O)c1c(Nc2ccc(N3CCN(C)CC3)c(F)c2)ncnc1Oc1cc(F)c2[nH]c(C)cc2c1F.CCN(C)C(=O)c1c(Nc2ccc(N3CCNCC3)c(F)c2)ncnc1Oc1cc(F)c2[nH]c(C)cc2c1F.CCN1CCN(c2ccc(Nc3ncnc(Oc4cc(F)c5[nH]c(C)cc5c4F)c3C(=O)N(C)CC)cc2F)CC1. The molecule has 6 aromatic heterocycles. The van der Waals surface area contributed by atoms with Crippen LogP contribution in [0, 0.1) is 73.1 Å². The van der Waals surface area contributed by atoms with Gasteiger partial charge in [0.15, 0.2) is 69.6 Å². The number of H-pyrrole nitrogens is 3. The Morgan fingerprint density at radius 3 is 0.992 bits per heavy atom. The van der Waals surface area contributed by atoms with Crippen LogP contribution in [0.4, 0.5) is 91.1 Å². The van der Waals surface area contributed by atoms with Crippen molar-refractivity contribution in [3.63, 3.8) is 0 Å². The highest BCUT2D eigenvalue weighted by molar-refractivity contribution is 6.03. The highest BCUT2D eigenvalue weighted by atomic mass is 19.2. The predicted octanol–water partition coefficient (Wildman–Crippen LogP) is 15.2. The summed E-state index contributed by atoms with van der Waals surface area (Å²) in [4.78, 5) is 87.9. The van der Waals surface area contributed by atoms with Crippen LogP contribution in [0.5, 0.6) is 34.9 Å². The minimum atomic E-state index is -0.809. The highest BCUT2D eigenvalue weighted by Crippen LogP contribution is 2.41. The zero-order valence-corrected chi connectivity index (χ0v) is 67.8. The summed E-state index contributed by atoms with van der Waals surface area (Å²) in [5.41, 5.74) is 3.90. The van der Waals surface area contributed by atoms with E-state index in [9.17, 15) is 27.6 Å². The van der Waals surface area contributed by atoms with Gasteiger partial charge in [0, 0.05) is 188 Å². The third-order valence-electron chi connectivity index (χ3n) is 21.0. The van der Waals surface area contributed by atoms with E-state index in [-0.39, 0.29) is 84.5 Å². The topological polar surface area (TPSA) is 278 Å². The summed E-state index contributed by atoms with van der Waals surface area (Å²) in [7, 11) is 6.74. The van der Waals surface area contributed by atoms with Crippen molar-refractivity contribution in [1.29, 1.82) is 0 Å². The van der Waals surface area contributed by atoms with Crippen LogP contribution in [-0.4, -0.2) is 220 Å². The molecule has 0 radical (unpaired) electrons. The van der Waals surface area contributed by atoms with Gasteiger partial charge in [0.2, 0.25) is 17.6 Å². The molecule has 12 aromatic rings. The first-order chi connectivity index (χ1) is 57.6.